The second-order valence-electron chi connectivity index (χ2n) is 5.70. The van der Waals surface area contributed by atoms with E-state index in [0.29, 0.717) is 5.69 Å². The van der Waals surface area contributed by atoms with Gasteiger partial charge in [0.25, 0.3) is 0 Å². The average molecular weight is 436 g/mol. The topological polar surface area (TPSA) is 58.2 Å². The molecule has 0 heterocycles. The zero-order chi connectivity index (χ0) is 17.7. The summed E-state index contributed by atoms with van der Waals surface area (Å²) >= 11 is 2.20. The second-order valence-corrected chi connectivity index (χ2v) is 6.95. The van der Waals surface area contributed by atoms with Crippen LogP contribution < -0.4 is 10.6 Å². The van der Waals surface area contributed by atoms with Gasteiger partial charge in [0.15, 0.2) is 0 Å². The highest BCUT2D eigenvalue weighted by molar-refractivity contribution is 14.1. The number of hydrogen-bond donors (Lipinski definition) is 2. The van der Waals surface area contributed by atoms with Crippen molar-refractivity contribution in [1.82, 2.24) is 5.32 Å². The number of nitrogens with one attached hydrogen (secondary N) is 2. The van der Waals surface area contributed by atoms with Crippen LogP contribution in [0.1, 0.15) is 36.6 Å². The van der Waals surface area contributed by atoms with E-state index in [1.807, 2.05) is 50.2 Å². The van der Waals surface area contributed by atoms with E-state index in [0.717, 1.165) is 21.1 Å². The summed E-state index contributed by atoms with van der Waals surface area (Å²) in [7, 11) is 0. The highest BCUT2D eigenvalue weighted by atomic mass is 127. The van der Waals surface area contributed by atoms with Crippen molar-refractivity contribution in [1.29, 1.82) is 0 Å². The lowest BCUT2D eigenvalue weighted by Crippen LogP contribution is -2.37. The summed E-state index contributed by atoms with van der Waals surface area (Å²) in [5.41, 5.74) is 3.78. The molecule has 0 aliphatic rings. The molecular weight excluding hydrogens is 415 g/mol. The zero-order valence-corrected chi connectivity index (χ0v) is 16.2. The third kappa shape index (κ3) is 4.80. The largest absolute Gasteiger partial charge is 0.341 e. The van der Waals surface area contributed by atoms with E-state index in [4.69, 9.17) is 0 Å². The van der Waals surface area contributed by atoms with Crippen LogP contribution in [0, 0.1) is 10.5 Å². The van der Waals surface area contributed by atoms with E-state index in [-0.39, 0.29) is 6.04 Å². The van der Waals surface area contributed by atoms with Gasteiger partial charge >= 0.3 is 11.8 Å². The van der Waals surface area contributed by atoms with Gasteiger partial charge in [-0.1, -0.05) is 31.2 Å². The zero-order valence-electron chi connectivity index (χ0n) is 14.0. The molecule has 4 nitrogen and oxygen atoms in total. The van der Waals surface area contributed by atoms with Crippen LogP contribution >= 0.6 is 22.6 Å². The summed E-state index contributed by atoms with van der Waals surface area (Å²) in [6.45, 7) is 5.85. The van der Waals surface area contributed by atoms with Crippen LogP contribution in [0.3, 0.4) is 0 Å². The molecule has 2 N–H and O–H groups in total. The Labute approximate surface area is 156 Å². The second kappa shape index (κ2) is 8.28. The van der Waals surface area contributed by atoms with Crippen molar-refractivity contribution < 1.29 is 9.59 Å². The van der Waals surface area contributed by atoms with Crippen LogP contribution in [0.15, 0.2) is 42.5 Å². The Morgan fingerprint density at radius 3 is 2.33 bits per heavy atom. The quantitative estimate of drug-likeness (QED) is 0.563. The van der Waals surface area contributed by atoms with Gasteiger partial charge in [0, 0.05) is 9.26 Å². The lowest BCUT2D eigenvalue weighted by molar-refractivity contribution is -0.136. The fraction of sp³-hybridized carbons (Fsp3) is 0.263. The van der Waals surface area contributed by atoms with Crippen molar-refractivity contribution in [3.63, 3.8) is 0 Å². The Bertz CT molecular complexity index is 742. The molecule has 1 atom stereocenters. The first kappa shape index (κ1) is 18.4. The van der Waals surface area contributed by atoms with E-state index < -0.39 is 11.8 Å². The molecule has 24 heavy (non-hydrogen) atoms. The molecule has 2 amide bonds. The van der Waals surface area contributed by atoms with Crippen molar-refractivity contribution in [2.45, 2.75) is 33.2 Å². The third-order valence-corrected chi connectivity index (χ3v) is 4.55. The molecule has 1 unspecified atom stereocenters. The molecule has 0 bridgehead atoms. The fourth-order valence-corrected chi connectivity index (χ4v) is 2.98. The van der Waals surface area contributed by atoms with Crippen molar-refractivity contribution in [2.75, 3.05) is 5.32 Å². The lowest BCUT2D eigenvalue weighted by Gasteiger charge is -2.15. The number of aryl methyl sites for hydroxylation is 2. The van der Waals surface area contributed by atoms with Crippen LogP contribution in [0.25, 0.3) is 0 Å². The third-order valence-electron chi connectivity index (χ3n) is 3.88. The normalized spacial score (nSPS) is 11.7. The number of benzene rings is 2. The van der Waals surface area contributed by atoms with E-state index in [9.17, 15) is 9.59 Å². The smallest absolute Gasteiger partial charge is 0.313 e. The standard InChI is InChI=1S/C19H21IN2O2/c1-4-14-5-7-15(8-6-14)13(3)21-18(23)19(24)22-17-10-9-16(20)11-12(17)2/h5-11,13H,4H2,1-3H3,(H,21,23)(H,22,24). The Morgan fingerprint density at radius 2 is 1.75 bits per heavy atom. The molecule has 0 aliphatic heterocycles. The Kier molecular flexibility index (Phi) is 6.36. The molecule has 0 spiro atoms. The van der Waals surface area contributed by atoms with Crippen molar-refractivity contribution in [3.8, 4) is 0 Å². The van der Waals surface area contributed by atoms with E-state index in [2.05, 4.69) is 40.1 Å². The van der Waals surface area contributed by atoms with Gasteiger partial charge in [0.05, 0.1) is 6.04 Å². The summed E-state index contributed by atoms with van der Waals surface area (Å²) in [5, 5.41) is 5.39. The first-order valence-electron chi connectivity index (χ1n) is 7.87. The SMILES string of the molecule is CCc1ccc(C(C)NC(=O)C(=O)Nc2ccc(I)cc2C)cc1. The summed E-state index contributed by atoms with van der Waals surface area (Å²) in [5.74, 6) is -1.30. The Hall–Kier alpha value is -1.89. The summed E-state index contributed by atoms with van der Waals surface area (Å²) in [4.78, 5) is 24.2. The summed E-state index contributed by atoms with van der Waals surface area (Å²) in [6, 6.07) is 13.4. The van der Waals surface area contributed by atoms with E-state index >= 15 is 0 Å². The molecule has 2 aromatic carbocycles. The van der Waals surface area contributed by atoms with Gasteiger partial charge in [0.1, 0.15) is 0 Å². The van der Waals surface area contributed by atoms with Gasteiger partial charge in [0.2, 0.25) is 0 Å². The van der Waals surface area contributed by atoms with Gasteiger partial charge in [-0.2, -0.15) is 0 Å². The molecule has 2 aromatic rings. The number of carbonyl (C=O) groups is 2. The molecular formula is C19H21IN2O2. The Morgan fingerprint density at radius 1 is 1.08 bits per heavy atom. The molecule has 0 aromatic heterocycles. The minimum Gasteiger partial charge on any atom is -0.341 e. The maximum absolute atomic E-state index is 12.1. The summed E-state index contributed by atoms with van der Waals surface area (Å²) < 4.78 is 1.08. The maximum Gasteiger partial charge on any atom is 0.313 e. The summed E-state index contributed by atoms with van der Waals surface area (Å²) in [6.07, 6.45) is 0.971. The van der Waals surface area contributed by atoms with Crippen molar-refractivity contribution in [2.24, 2.45) is 0 Å². The van der Waals surface area contributed by atoms with Gasteiger partial charge < -0.3 is 10.6 Å². The van der Waals surface area contributed by atoms with E-state index in [1.54, 1.807) is 6.07 Å². The number of anilines is 1. The molecule has 0 radical (unpaired) electrons. The predicted molar refractivity (Wildman–Crippen MR) is 105 cm³/mol. The molecule has 0 aliphatic carbocycles. The van der Waals surface area contributed by atoms with Crippen LogP contribution in [0.2, 0.25) is 0 Å². The number of amides is 2. The van der Waals surface area contributed by atoms with Gasteiger partial charge in [-0.25, -0.2) is 0 Å². The van der Waals surface area contributed by atoms with Gasteiger partial charge in [-0.3, -0.25) is 9.59 Å². The van der Waals surface area contributed by atoms with Gasteiger partial charge in [-0.05, 0) is 77.7 Å². The molecule has 2 rings (SSSR count). The molecule has 0 saturated heterocycles. The average Bonchev–Trinajstić information content (AvgIpc) is 2.57. The number of rotatable bonds is 4. The Balaban J connectivity index is 1.98. The minimum absolute atomic E-state index is 0.230. The maximum atomic E-state index is 12.1. The first-order chi connectivity index (χ1) is 11.4. The molecule has 5 heteroatoms. The van der Waals surface area contributed by atoms with Crippen LogP contribution in [0.4, 0.5) is 5.69 Å². The van der Waals surface area contributed by atoms with Crippen LogP contribution in [0.5, 0.6) is 0 Å². The predicted octanol–water partition coefficient (Wildman–Crippen LogP) is 3.98. The number of halogens is 1. The van der Waals surface area contributed by atoms with Crippen molar-refractivity contribution >= 4 is 40.1 Å². The lowest BCUT2D eigenvalue weighted by atomic mass is 10.0. The molecule has 126 valence electrons. The van der Waals surface area contributed by atoms with Gasteiger partial charge in [-0.15, -0.1) is 0 Å². The van der Waals surface area contributed by atoms with E-state index in [1.165, 1.54) is 5.56 Å². The molecule has 0 saturated carbocycles. The fourth-order valence-electron chi connectivity index (χ4n) is 2.33. The van der Waals surface area contributed by atoms with Crippen LogP contribution in [-0.4, -0.2) is 11.8 Å². The molecule has 0 fully saturated rings. The number of carbonyl (C=O) groups excluding carboxylic acids is 2. The van der Waals surface area contributed by atoms with Crippen molar-refractivity contribution in [3.05, 3.63) is 62.7 Å². The monoisotopic (exact) mass is 436 g/mol. The van der Waals surface area contributed by atoms with Crippen LogP contribution in [-0.2, 0) is 16.0 Å². The highest BCUT2D eigenvalue weighted by Gasteiger charge is 2.17. The highest BCUT2D eigenvalue weighted by Crippen LogP contribution is 2.18. The minimum atomic E-state index is -0.656. The first-order valence-corrected chi connectivity index (χ1v) is 8.95. The number of hydrogen-bond acceptors (Lipinski definition) is 2.